The summed E-state index contributed by atoms with van der Waals surface area (Å²) in [7, 11) is -3.35. The Balaban J connectivity index is 2.14. The van der Waals surface area contributed by atoms with Crippen molar-refractivity contribution < 1.29 is 8.42 Å². The van der Waals surface area contributed by atoms with E-state index < -0.39 is 10.0 Å². The normalized spacial score (nSPS) is 11.2. The lowest BCUT2D eigenvalue weighted by molar-refractivity contribution is 0.602. The van der Waals surface area contributed by atoms with E-state index in [1.807, 2.05) is 13.0 Å². The summed E-state index contributed by atoms with van der Waals surface area (Å²) in [6.07, 6.45) is 0. The fraction of sp³-hybridized carbons (Fsp3) is 0.231. The topological polar surface area (TPSA) is 84.0 Å². The van der Waals surface area contributed by atoms with Gasteiger partial charge in [0, 0.05) is 10.7 Å². The monoisotopic (exact) mass is 326 g/mol. The summed E-state index contributed by atoms with van der Waals surface area (Å²) in [5.41, 5.74) is 1.83. The molecule has 2 rings (SSSR count). The van der Waals surface area contributed by atoms with E-state index in [1.165, 1.54) is 0 Å². The van der Waals surface area contributed by atoms with Crippen molar-refractivity contribution in [1.82, 2.24) is 10.2 Å². The molecule has 1 aromatic carbocycles. The van der Waals surface area contributed by atoms with E-state index in [4.69, 9.17) is 11.6 Å². The van der Waals surface area contributed by atoms with Gasteiger partial charge < -0.3 is 5.32 Å². The van der Waals surface area contributed by atoms with Crippen LogP contribution in [0.2, 0.25) is 5.02 Å². The van der Waals surface area contributed by atoms with Crippen molar-refractivity contribution in [1.29, 1.82) is 0 Å². The number of aromatic nitrogens is 2. The summed E-state index contributed by atoms with van der Waals surface area (Å²) in [4.78, 5) is 0. The molecule has 0 atom stereocenters. The van der Waals surface area contributed by atoms with E-state index in [-0.39, 0.29) is 11.6 Å². The van der Waals surface area contributed by atoms with Crippen LogP contribution in [0, 0.1) is 6.92 Å². The van der Waals surface area contributed by atoms with Crippen molar-refractivity contribution in [2.45, 2.75) is 13.8 Å². The molecule has 2 aromatic rings. The maximum absolute atomic E-state index is 11.4. The van der Waals surface area contributed by atoms with Crippen LogP contribution in [0.3, 0.4) is 0 Å². The minimum absolute atomic E-state index is 0.0175. The Bertz CT molecular complexity index is 732. The summed E-state index contributed by atoms with van der Waals surface area (Å²) >= 11 is 5.94. The third-order valence-electron chi connectivity index (χ3n) is 2.77. The van der Waals surface area contributed by atoms with Gasteiger partial charge in [-0.05, 0) is 43.7 Å². The van der Waals surface area contributed by atoms with Crippen LogP contribution in [-0.2, 0) is 10.0 Å². The van der Waals surface area contributed by atoms with E-state index in [1.54, 1.807) is 31.2 Å². The third kappa shape index (κ3) is 4.30. The first-order chi connectivity index (χ1) is 9.89. The Morgan fingerprint density at radius 1 is 1.14 bits per heavy atom. The summed E-state index contributed by atoms with van der Waals surface area (Å²) in [6, 6.07) is 8.66. The molecule has 0 saturated carbocycles. The lowest BCUT2D eigenvalue weighted by atomic mass is 10.2. The SMILES string of the molecule is CCS(=O)(=O)Nc1ccc(Nc2cc(Cl)ccc2C)nn1. The summed E-state index contributed by atoms with van der Waals surface area (Å²) < 4.78 is 25.2. The molecular weight excluding hydrogens is 312 g/mol. The smallest absolute Gasteiger partial charge is 0.233 e. The fourth-order valence-corrected chi connectivity index (χ4v) is 2.30. The molecule has 0 aliphatic heterocycles. The highest BCUT2D eigenvalue weighted by Gasteiger charge is 2.08. The standard InChI is InChI=1S/C13H15ClN4O2S/c1-3-21(19,20)18-13-7-6-12(16-17-13)15-11-8-10(14)5-4-9(11)2/h4-8H,3H2,1-2H3,(H,15,16)(H,17,18). The van der Waals surface area contributed by atoms with E-state index in [2.05, 4.69) is 20.2 Å². The zero-order valence-corrected chi connectivity index (χ0v) is 13.2. The van der Waals surface area contributed by atoms with Crippen LogP contribution in [0.5, 0.6) is 0 Å². The number of anilines is 3. The van der Waals surface area contributed by atoms with E-state index in [0.717, 1.165) is 11.3 Å². The van der Waals surface area contributed by atoms with Gasteiger partial charge in [-0.1, -0.05) is 17.7 Å². The van der Waals surface area contributed by atoms with Crippen LogP contribution in [0.15, 0.2) is 30.3 Å². The molecule has 0 unspecified atom stereocenters. The Labute approximate surface area is 128 Å². The van der Waals surface area contributed by atoms with Crippen molar-refractivity contribution in [3.05, 3.63) is 40.9 Å². The van der Waals surface area contributed by atoms with Gasteiger partial charge in [-0.15, -0.1) is 10.2 Å². The summed E-state index contributed by atoms with van der Waals surface area (Å²) in [5, 5.41) is 11.5. The number of halogens is 1. The zero-order chi connectivity index (χ0) is 15.5. The Morgan fingerprint density at radius 3 is 2.43 bits per heavy atom. The van der Waals surface area contributed by atoms with Gasteiger partial charge in [-0.3, -0.25) is 4.72 Å². The summed E-state index contributed by atoms with van der Waals surface area (Å²) in [6.45, 7) is 3.49. The predicted molar refractivity (Wildman–Crippen MR) is 84.6 cm³/mol. The van der Waals surface area contributed by atoms with Gasteiger partial charge in [0.25, 0.3) is 0 Å². The van der Waals surface area contributed by atoms with Crippen molar-refractivity contribution in [2.75, 3.05) is 15.8 Å². The average Bonchev–Trinajstić information content (AvgIpc) is 2.45. The number of sulfonamides is 1. The Hall–Kier alpha value is -1.86. The molecule has 8 heteroatoms. The molecule has 0 amide bonds. The highest BCUT2D eigenvalue weighted by atomic mass is 35.5. The molecule has 0 aliphatic rings. The number of nitrogens with one attached hydrogen (secondary N) is 2. The van der Waals surface area contributed by atoms with Gasteiger partial charge in [0.05, 0.1) is 5.75 Å². The molecule has 112 valence electrons. The lowest BCUT2D eigenvalue weighted by Crippen LogP contribution is -2.15. The van der Waals surface area contributed by atoms with Crippen LogP contribution in [0.4, 0.5) is 17.3 Å². The molecule has 0 fully saturated rings. The zero-order valence-electron chi connectivity index (χ0n) is 11.6. The van der Waals surface area contributed by atoms with Crippen molar-refractivity contribution in [3.8, 4) is 0 Å². The number of hydrogen-bond acceptors (Lipinski definition) is 5. The first-order valence-electron chi connectivity index (χ1n) is 6.27. The predicted octanol–water partition coefficient (Wildman–Crippen LogP) is 2.94. The van der Waals surface area contributed by atoms with Crippen LogP contribution in [0.25, 0.3) is 0 Å². The molecule has 21 heavy (non-hydrogen) atoms. The van der Waals surface area contributed by atoms with Gasteiger partial charge in [-0.25, -0.2) is 8.42 Å². The molecule has 0 aliphatic carbocycles. The first kappa shape index (κ1) is 15.5. The molecule has 0 spiro atoms. The van der Waals surface area contributed by atoms with Crippen molar-refractivity contribution in [3.63, 3.8) is 0 Å². The second-order valence-electron chi connectivity index (χ2n) is 4.39. The molecule has 2 N–H and O–H groups in total. The van der Waals surface area contributed by atoms with Gasteiger partial charge in [0.15, 0.2) is 11.6 Å². The van der Waals surface area contributed by atoms with Crippen LogP contribution in [-0.4, -0.2) is 24.4 Å². The number of benzene rings is 1. The maximum Gasteiger partial charge on any atom is 0.233 e. The minimum atomic E-state index is -3.35. The van der Waals surface area contributed by atoms with Gasteiger partial charge in [-0.2, -0.15) is 0 Å². The average molecular weight is 327 g/mol. The number of aryl methyl sites for hydroxylation is 1. The molecule has 0 bridgehead atoms. The maximum atomic E-state index is 11.4. The fourth-order valence-electron chi connectivity index (χ4n) is 1.55. The van der Waals surface area contributed by atoms with Gasteiger partial charge >= 0.3 is 0 Å². The van der Waals surface area contributed by atoms with Crippen LogP contribution < -0.4 is 10.0 Å². The largest absolute Gasteiger partial charge is 0.338 e. The Kier molecular flexibility index (Phi) is 4.64. The lowest BCUT2D eigenvalue weighted by Gasteiger charge is -2.09. The molecule has 1 aromatic heterocycles. The van der Waals surface area contributed by atoms with Crippen molar-refractivity contribution >= 4 is 38.9 Å². The second-order valence-corrected chi connectivity index (χ2v) is 6.84. The van der Waals surface area contributed by atoms with Crippen LogP contribution >= 0.6 is 11.6 Å². The number of hydrogen-bond donors (Lipinski definition) is 2. The Morgan fingerprint density at radius 2 is 1.81 bits per heavy atom. The second kappa shape index (κ2) is 6.28. The summed E-state index contributed by atoms with van der Waals surface area (Å²) in [5.74, 6) is 0.668. The third-order valence-corrected chi connectivity index (χ3v) is 4.28. The molecule has 0 radical (unpaired) electrons. The first-order valence-corrected chi connectivity index (χ1v) is 8.30. The highest BCUT2D eigenvalue weighted by molar-refractivity contribution is 7.92. The van der Waals surface area contributed by atoms with Crippen molar-refractivity contribution in [2.24, 2.45) is 0 Å². The minimum Gasteiger partial charge on any atom is -0.338 e. The van der Waals surface area contributed by atoms with E-state index in [9.17, 15) is 8.42 Å². The van der Waals surface area contributed by atoms with E-state index >= 15 is 0 Å². The van der Waals surface area contributed by atoms with Crippen LogP contribution in [0.1, 0.15) is 12.5 Å². The van der Waals surface area contributed by atoms with Gasteiger partial charge in [0.1, 0.15) is 0 Å². The molecule has 0 saturated heterocycles. The quantitative estimate of drug-likeness (QED) is 0.882. The number of nitrogens with zero attached hydrogens (tertiary/aromatic N) is 2. The highest BCUT2D eigenvalue weighted by Crippen LogP contribution is 2.23. The molecular formula is C13H15ClN4O2S. The van der Waals surface area contributed by atoms with Gasteiger partial charge in [0.2, 0.25) is 10.0 Å². The molecule has 1 heterocycles. The number of rotatable bonds is 5. The van der Waals surface area contributed by atoms with E-state index in [0.29, 0.717) is 10.8 Å². The molecule has 6 nitrogen and oxygen atoms in total.